The second-order valence-electron chi connectivity index (χ2n) is 3.68. The van der Waals surface area contributed by atoms with Gasteiger partial charge >= 0.3 is 0 Å². The highest BCUT2D eigenvalue weighted by Gasteiger charge is 2.18. The maximum Gasteiger partial charge on any atom is 0.0592 e. The number of aromatic nitrogens is 1. The molecule has 0 radical (unpaired) electrons. The van der Waals surface area contributed by atoms with E-state index in [0.717, 1.165) is 24.0 Å². The molecular weight excluding hydrogens is 242 g/mol. The van der Waals surface area contributed by atoms with Crippen LogP contribution in [0.1, 0.15) is 12.8 Å². The third kappa shape index (κ3) is 2.07. The van der Waals surface area contributed by atoms with Crippen molar-refractivity contribution in [1.29, 1.82) is 0 Å². The summed E-state index contributed by atoms with van der Waals surface area (Å²) in [6, 6.07) is 2.34. The number of nitrogens with zero attached hydrogens (tertiary/aromatic N) is 2. The zero-order chi connectivity index (χ0) is 9.97. The first-order valence-corrected chi connectivity index (χ1v) is 5.66. The predicted molar refractivity (Wildman–Crippen MR) is 61.4 cm³/mol. The largest absolute Gasteiger partial charge is 0.369 e. The fraction of sp³-hybridized carbons (Fsp3) is 0.500. The van der Waals surface area contributed by atoms with Gasteiger partial charge in [-0.25, -0.2) is 0 Å². The Labute approximate surface area is 92.4 Å². The van der Waals surface area contributed by atoms with Gasteiger partial charge in [-0.15, -0.1) is 0 Å². The topological polar surface area (TPSA) is 42.1 Å². The molecule has 0 aliphatic carbocycles. The van der Waals surface area contributed by atoms with Crippen molar-refractivity contribution >= 4 is 21.6 Å². The van der Waals surface area contributed by atoms with Crippen molar-refractivity contribution in [2.24, 2.45) is 5.73 Å². The van der Waals surface area contributed by atoms with Gasteiger partial charge in [0.25, 0.3) is 0 Å². The van der Waals surface area contributed by atoms with Crippen LogP contribution in [-0.2, 0) is 0 Å². The lowest BCUT2D eigenvalue weighted by atomic mass is 10.1. The number of anilines is 1. The molecule has 0 aromatic carbocycles. The Morgan fingerprint density at radius 2 is 2.43 bits per heavy atom. The Hall–Kier alpha value is -0.610. The summed E-state index contributed by atoms with van der Waals surface area (Å²) in [5.74, 6) is 0. The zero-order valence-corrected chi connectivity index (χ0v) is 9.57. The van der Waals surface area contributed by atoms with Crippen molar-refractivity contribution in [2.75, 3.05) is 18.0 Å². The molecule has 0 bridgehead atoms. The highest BCUT2D eigenvalue weighted by atomic mass is 79.9. The summed E-state index contributed by atoms with van der Waals surface area (Å²) in [7, 11) is 0. The molecule has 76 valence electrons. The van der Waals surface area contributed by atoms with Gasteiger partial charge in [-0.05, 0) is 34.8 Å². The van der Waals surface area contributed by atoms with Crippen molar-refractivity contribution in [2.45, 2.75) is 18.9 Å². The normalized spacial score (nSPS) is 22.4. The standard InChI is InChI=1S/C10H14BrN3/c11-9-6-13-4-3-10(9)14-5-1-2-8(12)7-14/h3-4,6,8H,1-2,5,7,12H2/t8-/m1/s1. The Balaban J connectivity index is 2.18. The fourth-order valence-corrected chi connectivity index (χ4v) is 2.35. The number of halogens is 1. The van der Waals surface area contributed by atoms with E-state index in [1.807, 2.05) is 18.5 Å². The molecule has 2 rings (SSSR count). The number of piperidine rings is 1. The summed E-state index contributed by atoms with van der Waals surface area (Å²) in [5.41, 5.74) is 7.14. The van der Waals surface area contributed by atoms with Crippen molar-refractivity contribution in [3.63, 3.8) is 0 Å². The molecule has 0 saturated carbocycles. The molecule has 0 amide bonds. The first-order valence-electron chi connectivity index (χ1n) is 4.87. The number of hydrogen-bond acceptors (Lipinski definition) is 3. The van der Waals surface area contributed by atoms with Gasteiger partial charge in [-0.2, -0.15) is 0 Å². The van der Waals surface area contributed by atoms with Crippen molar-refractivity contribution in [1.82, 2.24) is 4.98 Å². The summed E-state index contributed by atoms with van der Waals surface area (Å²) in [6.07, 6.45) is 5.96. The maximum absolute atomic E-state index is 5.94. The molecule has 1 saturated heterocycles. The molecule has 0 spiro atoms. The smallest absolute Gasteiger partial charge is 0.0592 e. The summed E-state index contributed by atoms with van der Waals surface area (Å²) in [5, 5.41) is 0. The minimum atomic E-state index is 0.309. The van der Waals surface area contributed by atoms with Crippen molar-refractivity contribution < 1.29 is 0 Å². The van der Waals surface area contributed by atoms with Crippen LogP contribution in [0.2, 0.25) is 0 Å². The van der Waals surface area contributed by atoms with Crippen molar-refractivity contribution in [3.8, 4) is 0 Å². The zero-order valence-electron chi connectivity index (χ0n) is 7.99. The summed E-state index contributed by atoms with van der Waals surface area (Å²) >= 11 is 3.51. The Bertz CT molecular complexity index is 316. The molecule has 1 fully saturated rings. The van der Waals surface area contributed by atoms with Gasteiger partial charge in [0.05, 0.1) is 10.2 Å². The van der Waals surface area contributed by atoms with Crippen LogP contribution < -0.4 is 10.6 Å². The third-order valence-electron chi connectivity index (χ3n) is 2.55. The van der Waals surface area contributed by atoms with E-state index in [4.69, 9.17) is 5.73 Å². The second-order valence-corrected chi connectivity index (χ2v) is 4.53. The van der Waals surface area contributed by atoms with Gasteiger partial charge in [0, 0.05) is 31.5 Å². The Kier molecular flexibility index (Phi) is 3.03. The van der Waals surface area contributed by atoms with Gasteiger partial charge < -0.3 is 10.6 Å². The SMILES string of the molecule is N[C@@H]1CCCN(c2ccncc2Br)C1. The second kappa shape index (κ2) is 4.28. The average Bonchev–Trinajstić information content (AvgIpc) is 2.18. The molecule has 3 nitrogen and oxygen atoms in total. The predicted octanol–water partition coefficient (Wildman–Crippen LogP) is 1.77. The van der Waals surface area contributed by atoms with Gasteiger partial charge in [0.1, 0.15) is 0 Å². The third-order valence-corrected chi connectivity index (χ3v) is 3.16. The lowest BCUT2D eigenvalue weighted by molar-refractivity contribution is 0.505. The number of hydrogen-bond donors (Lipinski definition) is 1. The molecule has 1 aliphatic heterocycles. The molecule has 2 N–H and O–H groups in total. The van der Waals surface area contributed by atoms with E-state index in [9.17, 15) is 0 Å². The number of pyridine rings is 1. The molecule has 1 aliphatic rings. The minimum Gasteiger partial charge on any atom is -0.369 e. The van der Waals surface area contributed by atoms with E-state index in [1.54, 1.807) is 0 Å². The van der Waals surface area contributed by atoms with Crippen LogP contribution in [0.15, 0.2) is 22.9 Å². The molecule has 4 heteroatoms. The van der Waals surface area contributed by atoms with E-state index >= 15 is 0 Å². The molecular formula is C10H14BrN3. The molecule has 1 atom stereocenters. The number of rotatable bonds is 1. The van der Waals surface area contributed by atoms with Crippen LogP contribution in [0, 0.1) is 0 Å². The monoisotopic (exact) mass is 255 g/mol. The van der Waals surface area contributed by atoms with Crippen LogP contribution in [-0.4, -0.2) is 24.1 Å². The average molecular weight is 256 g/mol. The van der Waals surface area contributed by atoms with Gasteiger partial charge in [-0.3, -0.25) is 4.98 Å². The highest BCUT2D eigenvalue weighted by Crippen LogP contribution is 2.26. The van der Waals surface area contributed by atoms with E-state index < -0.39 is 0 Å². The van der Waals surface area contributed by atoms with Gasteiger partial charge in [0.2, 0.25) is 0 Å². The van der Waals surface area contributed by atoms with Gasteiger partial charge in [-0.1, -0.05) is 0 Å². The summed E-state index contributed by atoms with van der Waals surface area (Å²) < 4.78 is 1.05. The number of nitrogens with two attached hydrogens (primary N) is 1. The Morgan fingerprint density at radius 1 is 1.57 bits per heavy atom. The first kappa shape index (κ1) is 9.93. The molecule has 0 unspecified atom stereocenters. The van der Waals surface area contributed by atoms with Gasteiger partial charge in [0.15, 0.2) is 0 Å². The van der Waals surface area contributed by atoms with Crippen LogP contribution in [0.4, 0.5) is 5.69 Å². The fourth-order valence-electron chi connectivity index (χ4n) is 1.85. The van der Waals surface area contributed by atoms with Crippen LogP contribution in [0.3, 0.4) is 0 Å². The molecule has 1 aromatic heterocycles. The molecule has 1 aromatic rings. The van der Waals surface area contributed by atoms with Crippen molar-refractivity contribution in [3.05, 3.63) is 22.9 Å². The van der Waals surface area contributed by atoms with Crippen LogP contribution in [0.5, 0.6) is 0 Å². The van der Waals surface area contributed by atoms with Crippen LogP contribution >= 0.6 is 15.9 Å². The van der Waals surface area contributed by atoms with E-state index in [2.05, 4.69) is 25.8 Å². The van der Waals surface area contributed by atoms with E-state index in [1.165, 1.54) is 12.1 Å². The van der Waals surface area contributed by atoms with E-state index in [0.29, 0.717) is 6.04 Å². The highest BCUT2D eigenvalue weighted by molar-refractivity contribution is 9.10. The van der Waals surface area contributed by atoms with E-state index in [-0.39, 0.29) is 0 Å². The molecule has 2 heterocycles. The maximum atomic E-state index is 5.94. The lowest BCUT2D eigenvalue weighted by Crippen LogP contribution is -2.42. The minimum absolute atomic E-state index is 0.309. The van der Waals surface area contributed by atoms with Crippen LogP contribution in [0.25, 0.3) is 0 Å². The quantitative estimate of drug-likeness (QED) is 0.832. The lowest BCUT2D eigenvalue weighted by Gasteiger charge is -2.33. The summed E-state index contributed by atoms with van der Waals surface area (Å²) in [6.45, 7) is 2.04. The Morgan fingerprint density at radius 3 is 3.14 bits per heavy atom. The molecule has 14 heavy (non-hydrogen) atoms. The first-order chi connectivity index (χ1) is 6.77. The summed E-state index contributed by atoms with van der Waals surface area (Å²) in [4.78, 5) is 6.37.